The second kappa shape index (κ2) is 6.05. The minimum atomic E-state index is 0.191. The van der Waals surface area contributed by atoms with Gasteiger partial charge in [-0.15, -0.1) is 0 Å². The van der Waals surface area contributed by atoms with Crippen LogP contribution in [0.2, 0.25) is 0 Å². The topological polar surface area (TPSA) is 51.4 Å². The second-order valence-corrected chi connectivity index (χ2v) is 5.38. The molecule has 0 saturated carbocycles. The van der Waals surface area contributed by atoms with Crippen molar-refractivity contribution in [3.05, 3.63) is 30.5 Å². The molecule has 106 valence electrons. The van der Waals surface area contributed by atoms with Crippen molar-refractivity contribution in [3.8, 4) is 5.75 Å². The predicted molar refractivity (Wildman–Crippen MR) is 87.6 cm³/mol. The molecular formula is C15H19N3OS. The van der Waals surface area contributed by atoms with Crippen LogP contribution in [0.1, 0.15) is 13.3 Å². The zero-order chi connectivity index (χ0) is 14.7. The van der Waals surface area contributed by atoms with E-state index in [2.05, 4.69) is 16.8 Å². The van der Waals surface area contributed by atoms with Crippen LogP contribution in [0.25, 0.3) is 10.8 Å². The average molecular weight is 289 g/mol. The Morgan fingerprint density at radius 1 is 1.45 bits per heavy atom. The highest BCUT2D eigenvalue weighted by atomic mass is 32.1. The molecule has 2 aromatic rings. The standard InChI is InChI=1S/C15H19N3OS/c1-10(8-14(16)20)18(2)15-13-9-12(19-3)5-4-11(13)6-7-17-15/h4-7,9-10H,8H2,1-3H3,(H2,16,20). The van der Waals surface area contributed by atoms with Gasteiger partial charge in [0.25, 0.3) is 0 Å². The van der Waals surface area contributed by atoms with Crippen molar-refractivity contribution in [2.24, 2.45) is 5.73 Å². The largest absolute Gasteiger partial charge is 0.497 e. The molecular weight excluding hydrogens is 270 g/mol. The number of ether oxygens (including phenoxy) is 1. The smallest absolute Gasteiger partial charge is 0.136 e. The molecule has 0 fully saturated rings. The van der Waals surface area contributed by atoms with Crippen molar-refractivity contribution in [2.45, 2.75) is 19.4 Å². The van der Waals surface area contributed by atoms with Gasteiger partial charge in [0.15, 0.2) is 0 Å². The number of rotatable bonds is 5. The maximum absolute atomic E-state index is 5.63. The Labute approximate surface area is 124 Å². The van der Waals surface area contributed by atoms with Crippen LogP contribution >= 0.6 is 12.2 Å². The van der Waals surface area contributed by atoms with Crippen molar-refractivity contribution in [1.82, 2.24) is 4.98 Å². The summed E-state index contributed by atoms with van der Waals surface area (Å²) >= 11 is 4.99. The number of nitrogens with two attached hydrogens (primary N) is 1. The van der Waals surface area contributed by atoms with Gasteiger partial charge in [0.2, 0.25) is 0 Å². The molecule has 0 saturated heterocycles. The number of thiocarbonyl (C=S) groups is 1. The summed E-state index contributed by atoms with van der Waals surface area (Å²) in [5, 5.41) is 2.19. The lowest BCUT2D eigenvalue weighted by atomic mass is 10.1. The quantitative estimate of drug-likeness (QED) is 0.858. The number of anilines is 1. The molecule has 1 atom stereocenters. The number of nitrogens with zero attached hydrogens (tertiary/aromatic N) is 2. The molecule has 1 aromatic carbocycles. The lowest BCUT2D eigenvalue weighted by Crippen LogP contribution is -2.33. The van der Waals surface area contributed by atoms with E-state index in [0.717, 1.165) is 22.3 Å². The van der Waals surface area contributed by atoms with Crippen LogP contribution in [0.3, 0.4) is 0 Å². The molecule has 2 rings (SSSR count). The van der Waals surface area contributed by atoms with E-state index in [1.807, 2.05) is 37.5 Å². The van der Waals surface area contributed by atoms with Gasteiger partial charge in [0.05, 0.1) is 12.1 Å². The van der Waals surface area contributed by atoms with E-state index in [-0.39, 0.29) is 6.04 Å². The molecule has 0 aliphatic carbocycles. The van der Waals surface area contributed by atoms with E-state index in [0.29, 0.717) is 11.4 Å². The molecule has 1 unspecified atom stereocenters. The summed E-state index contributed by atoms with van der Waals surface area (Å²) in [6.45, 7) is 2.08. The molecule has 0 radical (unpaired) electrons. The summed E-state index contributed by atoms with van der Waals surface area (Å²) in [4.78, 5) is 7.11. The fourth-order valence-corrected chi connectivity index (χ4v) is 2.42. The van der Waals surface area contributed by atoms with Gasteiger partial charge < -0.3 is 15.4 Å². The first kappa shape index (κ1) is 14.5. The number of methoxy groups -OCH3 is 1. The molecule has 4 nitrogen and oxygen atoms in total. The number of aromatic nitrogens is 1. The molecule has 1 aromatic heterocycles. The lowest BCUT2D eigenvalue weighted by molar-refractivity contribution is 0.415. The van der Waals surface area contributed by atoms with Gasteiger partial charge in [-0.05, 0) is 30.5 Å². The van der Waals surface area contributed by atoms with E-state index in [1.54, 1.807) is 7.11 Å². The van der Waals surface area contributed by atoms with Crippen LogP contribution < -0.4 is 15.4 Å². The molecule has 2 N–H and O–H groups in total. The Balaban J connectivity index is 2.44. The van der Waals surface area contributed by atoms with Crippen molar-refractivity contribution in [3.63, 3.8) is 0 Å². The summed E-state index contributed by atoms with van der Waals surface area (Å²) < 4.78 is 5.29. The molecule has 20 heavy (non-hydrogen) atoms. The molecule has 1 heterocycles. The normalized spacial score (nSPS) is 12.2. The number of hydrogen-bond donors (Lipinski definition) is 1. The predicted octanol–water partition coefficient (Wildman–Crippen LogP) is 2.74. The Kier molecular flexibility index (Phi) is 4.39. The SMILES string of the molecule is COc1ccc2ccnc(N(C)C(C)CC(N)=S)c2c1. The van der Waals surface area contributed by atoms with Gasteiger partial charge in [-0.2, -0.15) is 0 Å². The molecule has 0 bridgehead atoms. The van der Waals surface area contributed by atoms with Crippen molar-refractivity contribution >= 4 is 33.8 Å². The first-order valence-electron chi connectivity index (χ1n) is 6.47. The van der Waals surface area contributed by atoms with Gasteiger partial charge >= 0.3 is 0 Å². The van der Waals surface area contributed by atoms with E-state index in [9.17, 15) is 0 Å². The molecule has 0 amide bonds. The lowest BCUT2D eigenvalue weighted by Gasteiger charge is -2.26. The van der Waals surface area contributed by atoms with Crippen LogP contribution in [-0.2, 0) is 0 Å². The van der Waals surface area contributed by atoms with Crippen LogP contribution in [0.4, 0.5) is 5.82 Å². The van der Waals surface area contributed by atoms with E-state index >= 15 is 0 Å². The molecule has 0 aliphatic heterocycles. The Bertz CT molecular complexity index is 630. The summed E-state index contributed by atoms with van der Waals surface area (Å²) in [6, 6.07) is 8.17. The van der Waals surface area contributed by atoms with Crippen LogP contribution in [0.5, 0.6) is 5.75 Å². The summed E-state index contributed by atoms with van der Waals surface area (Å²) in [6.07, 6.45) is 2.47. The Morgan fingerprint density at radius 2 is 2.20 bits per heavy atom. The van der Waals surface area contributed by atoms with Crippen LogP contribution in [0.15, 0.2) is 30.5 Å². The van der Waals surface area contributed by atoms with Gasteiger partial charge in [0, 0.05) is 31.1 Å². The number of pyridine rings is 1. The van der Waals surface area contributed by atoms with Gasteiger partial charge in [0.1, 0.15) is 11.6 Å². The number of fused-ring (bicyclic) bond motifs is 1. The minimum Gasteiger partial charge on any atom is -0.497 e. The highest BCUT2D eigenvalue weighted by molar-refractivity contribution is 7.80. The van der Waals surface area contributed by atoms with Crippen LogP contribution in [-0.4, -0.2) is 30.2 Å². The average Bonchev–Trinajstić information content (AvgIpc) is 2.44. The van der Waals surface area contributed by atoms with Crippen molar-refractivity contribution in [1.29, 1.82) is 0 Å². The second-order valence-electron chi connectivity index (χ2n) is 4.85. The van der Waals surface area contributed by atoms with Crippen molar-refractivity contribution < 1.29 is 4.74 Å². The third-order valence-corrected chi connectivity index (χ3v) is 3.61. The van der Waals surface area contributed by atoms with Gasteiger partial charge in [-0.3, -0.25) is 0 Å². The van der Waals surface area contributed by atoms with E-state index < -0.39 is 0 Å². The highest BCUT2D eigenvalue weighted by Crippen LogP contribution is 2.28. The zero-order valence-electron chi connectivity index (χ0n) is 12.0. The third-order valence-electron chi connectivity index (χ3n) is 3.44. The fourth-order valence-electron chi connectivity index (χ4n) is 2.18. The van der Waals surface area contributed by atoms with Gasteiger partial charge in [-0.1, -0.05) is 18.3 Å². The fraction of sp³-hybridized carbons (Fsp3) is 0.333. The van der Waals surface area contributed by atoms with E-state index in [1.165, 1.54) is 0 Å². The maximum atomic E-state index is 5.63. The zero-order valence-corrected chi connectivity index (χ0v) is 12.8. The Hall–Kier alpha value is -1.88. The number of benzene rings is 1. The molecule has 0 spiro atoms. The minimum absolute atomic E-state index is 0.191. The maximum Gasteiger partial charge on any atom is 0.136 e. The summed E-state index contributed by atoms with van der Waals surface area (Å²) in [5.74, 6) is 1.73. The summed E-state index contributed by atoms with van der Waals surface area (Å²) in [5.41, 5.74) is 5.63. The number of hydrogen-bond acceptors (Lipinski definition) is 4. The summed E-state index contributed by atoms with van der Waals surface area (Å²) in [7, 11) is 3.67. The van der Waals surface area contributed by atoms with Crippen molar-refractivity contribution in [2.75, 3.05) is 19.1 Å². The van der Waals surface area contributed by atoms with Gasteiger partial charge in [-0.25, -0.2) is 4.98 Å². The first-order chi connectivity index (χ1) is 9.52. The van der Waals surface area contributed by atoms with Crippen LogP contribution in [0, 0.1) is 0 Å². The highest BCUT2D eigenvalue weighted by Gasteiger charge is 2.15. The first-order valence-corrected chi connectivity index (χ1v) is 6.87. The molecule has 0 aliphatic rings. The Morgan fingerprint density at radius 3 is 2.85 bits per heavy atom. The molecule has 5 heteroatoms. The monoisotopic (exact) mass is 289 g/mol. The third kappa shape index (κ3) is 2.99. The van der Waals surface area contributed by atoms with E-state index in [4.69, 9.17) is 22.7 Å².